The molecule has 0 bridgehead atoms. The average Bonchev–Trinajstić information content (AvgIpc) is 3.40. The number of ether oxygens (including phenoxy) is 3. The maximum atomic E-state index is 13.4. The molecule has 1 unspecified atom stereocenters. The molecule has 0 aliphatic carbocycles. The number of hydrogen-bond acceptors (Lipinski definition) is 9. The van der Waals surface area contributed by atoms with Gasteiger partial charge in [0.15, 0.2) is 22.4 Å². The Morgan fingerprint density at radius 2 is 1.92 bits per heavy atom. The Balaban J connectivity index is 1.70. The van der Waals surface area contributed by atoms with Crippen LogP contribution in [0.4, 0.5) is 5.13 Å². The molecule has 0 saturated carbocycles. The van der Waals surface area contributed by atoms with Crippen molar-refractivity contribution in [2.75, 3.05) is 24.7 Å². The number of nitrogens with zero attached hydrogens (tertiary/aromatic N) is 2. The number of carbonyl (C=O) groups excluding carboxylic acids is 3. The molecule has 1 aromatic heterocycles. The molecule has 2 aliphatic heterocycles. The second kappa shape index (κ2) is 9.70. The molecule has 1 saturated heterocycles. The van der Waals surface area contributed by atoms with Gasteiger partial charge in [-0.3, -0.25) is 19.3 Å². The van der Waals surface area contributed by atoms with Gasteiger partial charge in [-0.2, -0.15) is 0 Å². The molecule has 190 valence electrons. The van der Waals surface area contributed by atoms with Crippen LogP contribution in [0.15, 0.2) is 48.0 Å². The van der Waals surface area contributed by atoms with Crippen molar-refractivity contribution < 1.29 is 33.7 Å². The average molecular weight is 521 g/mol. The third kappa shape index (κ3) is 4.33. The van der Waals surface area contributed by atoms with Crippen LogP contribution >= 0.6 is 11.3 Å². The van der Waals surface area contributed by atoms with Crippen molar-refractivity contribution in [3.8, 4) is 17.2 Å². The van der Waals surface area contributed by atoms with Gasteiger partial charge in [-0.15, -0.1) is 0 Å². The number of hydrogen-bond donors (Lipinski definition) is 1. The van der Waals surface area contributed by atoms with Crippen molar-refractivity contribution in [3.63, 3.8) is 0 Å². The number of fused-ring (bicyclic) bond motifs is 1. The number of aromatic nitrogens is 1. The van der Waals surface area contributed by atoms with Crippen LogP contribution in [-0.2, 0) is 9.59 Å². The Kier molecular flexibility index (Phi) is 6.43. The standard InChI is InChI=1S/C27H24N2O7S/c1-4-34-18-7-5-6-16(12-18)22-21(23(31)17-8-9-19-20(13-17)36-11-10-35-19)24(32)26(33)29(22)27-28-14(2)25(37-27)15(3)30/h5-9,12-13,22,31H,4,10-11H2,1-3H3. The fourth-order valence-electron chi connectivity index (χ4n) is 4.44. The number of Topliss-reactive ketones (excluding diaryl/α,β-unsaturated/α-hetero) is 2. The zero-order valence-corrected chi connectivity index (χ0v) is 21.3. The van der Waals surface area contributed by atoms with E-state index in [-0.39, 0.29) is 22.2 Å². The molecule has 2 aromatic carbocycles. The highest BCUT2D eigenvalue weighted by atomic mass is 32.1. The fraction of sp³-hybridized carbons (Fsp3) is 0.259. The lowest BCUT2D eigenvalue weighted by Crippen LogP contribution is -2.29. The molecule has 0 spiro atoms. The van der Waals surface area contributed by atoms with Gasteiger partial charge in [0.2, 0.25) is 0 Å². The lowest BCUT2D eigenvalue weighted by molar-refractivity contribution is -0.132. The first-order chi connectivity index (χ1) is 17.8. The molecule has 1 amide bonds. The molecule has 1 fully saturated rings. The van der Waals surface area contributed by atoms with Gasteiger partial charge in [0.1, 0.15) is 24.7 Å². The predicted octanol–water partition coefficient (Wildman–Crippen LogP) is 4.45. The Morgan fingerprint density at radius 1 is 1.16 bits per heavy atom. The van der Waals surface area contributed by atoms with Gasteiger partial charge < -0.3 is 19.3 Å². The third-order valence-corrected chi connectivity index (χ3v) is 7.31. The van der Waals surface area contributed by atoms with E-state index in [4.69, 9.17) is 14.2 Å². The smallest absolute Gasteiger partial charge is 0.301 e. The van der Waals surface area contributed by atoms with Gasteiger partial charge in [0, 0.05) is 12.5 Å². The Bertz CT molecular complexity index is 1460. The van der Waals surface area contributed by atoms with E-state index in [1.54, 1.807) is 49.4 Å². The fourth-order valence-corrected chi connectivity index (χ4v) is 5.43. The Hall–Kier alpha value is -4.18. The summed E-state index contributed by atoms with van der Waals surface area (Å²) in [6.45, 7) is 6.14. The largest absolute Gasteiger partial charge is 0.507 e. The van der Waals surface area contributed by atoms with E-state index >= 15 is 0 Å². The normalized spacial score (nSPS) is 18.2. The van der Waals surface area contributed by atoms with Crippen LogP contribution in [0, 0.1) is 6.92 Å². The molecule has 0 radical (unpaired) electrons. The summed E-state index contributed by atoms with van der Waals surface area (Å²) in [4.78, 5) is 45.0. The van der Waals surface area contributed by atoms with Gasteiger partial charge in [-0.25, -0.2) is 4.98 Å². The van der Waals surface area contributed by atoms with Crippen LogP contribution in [0.5, 0.6) is 17.2 Å². The van der Waals surface area contributed by atoms with Crippen molar-refractivity contribution in [2.45, 2.75) is 26.8 Å². The number of amides is 1. The molecular weight excluding hydrogens is 496 g/mol. The molecule has 37 heavy (non-hydrogen) atoms. The van der Waals surface area contributed by atoms with Gasteiger partial charge in [0.05, 0.1) is 28.8 Å². The van der Waals surface area contributed by atoms with Crippen LogP contribution in [0.25, 0.3) is 5.76 Å². The highest BCUT2D eigenvalue weighted by Crippen LogP contribution is 2.45. The molecule has 3 heterocycles. The minimum atomic E-state index is -1.00. The number of anilines is 1. The van der Waals surface area contributed by atoms with E-state index in [2.05, 4.69) is 4.98 Å². The van der Waals surface area contributed by atoms with Crippen LogP contribution in [0.1, 0.15) is 46.4 Å². The van der Waals surface area contributed by atoms with Crippen LogP contribution in [0.3, 0.4) is 0 Å². The summed E-state index contributed by atoms with van der Waals surface area (Å²) in [5.41, 5.74) is 1.20. The number of benzene rings is 2. The van der Waals surface area contributed by atoms with E-state index < -0.39 is 17.7 Å². The van der Waals surface area contributed by atoms with Crippen LogP contribution < -0.4 is 19.1 Å². The van der Waals surface area contributed by atoms with Gasteiger partial charge >= 0.3 is 5.91 Å². The van der Waals surface area contributed by atoms with Crippen molar-refractivity contribution in [1.82, 2.24) is 4.98 Å². The number of carbonyl (C=O) groups is 3. The summed E-state index contributed by atoms with van der Waals surface area (Å²) in [5.74, 6) is -0.759. The minimum Gasteiger partial charge on any atom is -0.507 e. The number of aliphatic hydroxyl groups excluding tert-OH is 1. The maximum absolute atomic E-state index is 13.4. The second-order valence-corrected chi connectivity index (χ2v) is 9.48. The summed E-state index contributed by atoms with van der Waals surface area (Å²) >= 11 is 1.03. The molecule has 9 nitrogen and oxygen atoms in total. The van der Waals surface area contributed by atoms with E-state index in [9.17, 15) is 19.5 Å². The van der Waals surface area contributed by atoms with E-state index in [0.29, 0.717) is 58.8 Å². The highest BCUT2D eigenvalue weighted by Gasteiger charge is 2.48. The minimum absolute atomic E-state index is 0.104. The first-order valence-electron chi connectivity index (χ1n) is 11.7. The summed E-state index contributed by atoms with van der Waals surface area (Å²) in [7, 11) is 0. The van der Waals surface area contributed by atoms with Crippen LogP contribution in [-0.4, -0.2) is 47.4 Å². The van der Waals surface area contributed by atoms with E-state index in [1.807, 2.05) is 6.92 Å². The topological polar surface area (TPSA) is 115 Å². The first kappa shape index (κ1) is 24.5. The summed E-state index contributed by atoms with van der Waals surface area (Å²) < 4.78 is 16.8. The molecule has 10 heteroatoms. The summed E-state index contributed by atoms with van der Waals surface area (Å²) in [6, 6.07) is 10.8. The number of aryl methyl sites for hydroxylation is 1. The van der Waals surface area contributed by atoms with Gasteiger partial charge in [0.25, 0.3) is 5.78 Å². The monoisotopic (exact) mass is 520 g/mol. The lowest BCUT2D eigenvalue weighted by atomic mass is 9.95. The number of aliphatic hydroxyl groups is 1. The van der Waals surface area contributed by atoms with Gasteiger partial charge in [-0.1, -0.05) is 23.5 Å². The molecule has 1 atom stereocenters. The molecule has 2 aliphatic rings. The third-order valence-electron chi connectivity index (χ3n) is 6.06. The number of rotatable bonds is 6. The molecular formula is C27H24N2O7S. The maximum Gasteiger partial charge on any atom is 0.301 e. The number of ketones is 2. The van der Waals surface area contributed by atoms with Crippen molar-refractivity contribution in [2.24, 2.45) is 0 Å². The molecule has 5 rings (SSSR count). The second-order valence-electron chi connectivity index (χ2n) is 8.50. The zero-order chi connectivity index (χ0) is 26.3. The SMILES string of the molecule is CCOc1cccc(C2C(=C(O)c3ccc4c(c3)OCCO4)C(=O)C(=O)N2c2nc(C)c(C(C)=O)s2)c1. The summed E-state index contributed by atoms with van der Waals surface area (Å²) in [6.07, 6.45) is 0. The van der Waals surface area contributed by atoms with E-state index in [1.165, 1.54) is 11.8 Å². The van der Waals surface area contributed by atoms with Crippen LogP contribution in [0.2, 0.25) is 0 Å². The van der Waals surface area contributed by atoms with Crippen molar-refractivity contribution in [3.05, 3.63) is 69.7 Å². The molecule has 1 N–H and O–H groups in total. The highest BCUT2D eigenvalue weighted by molar-refractivity contribution is 7.18. The Morgan fingerprint density at radius 3 is 2.62 bits per heavy atom. The van der Waals surface area contributed by atoms with Gasteiger partial charge in [-0.05, 0) is 49.7 Å². The molecule has 3 aromatic rings. The van der Waals surface area contributed by atoms with Crippen molar-refractivity contribution in [1.29, 1.82) is 0 Å². The quantitative estimate of drug-likeness (QED) is 0.219. The Labute approximate surface area is 216 Å². The summed E-state index contributed by atoms with van der Waals surface area (Å²) in [5, 5.41) is 11.6. The number of thiazole rings is 1. The van der Waals surface area contributed by atoms with E-state index in [0.717, 1.165) is 11.3 Å². The zero-order valence-electron chi connectivity index (χ0n) is 20.4. The lowest BCUT2D eigenvalue weighted by Gasteiger charge is -2.23. The first-order valence-corrected chi connectivity index (χ1v) is 12.5. The predicted molar refractivity (Wildman–Crippen MR) is 137 cm³/mol. The van der Waals surface area contributed by atoms with Crippen molar-refractivity contribution >= 4 is 39.7 Å².